The molecule has 1 amide bonds. The van der Waals surface area contributed by atoms with Gasteiger partial charge in [0.05, 0.1) is 6.04 Å². The van der Waals surface area contributed by atoms with Gasteiger partial charge in [-0.25, -0.2) is 0 Å². The lowest BCUT2D eigenvalue weighted by molar-refractivity contribution is -0.128. The number of benzene rings is 1. The van der Waals surface area contributed by atoms with Gasteiger partial charge in [0, 0.05) is 36.5 Å². The molecule has 2 saturated heterocycles. The first-order valence-electron chi connectivity index (χ1n) is 13.0. The zero-order chi connectivity index (χ0) is 22.9. The highest BCUT2D eigenvalue weighted by molar-refractivity contribution is 5.79. The van der Waals surface area contributed by atoms with Gasteiger partial charge in [-0.2, -0.15) is 0 Å². The maximum atomic E-state index is 12.8. The van der Waals surface area contributed by atoms with E-state index in [1.807, 2.05) is 0 Å². The molecule has 5 rings (SSSR count). The molecule has 6 heteroatoms. The second kappa shape index (κ2) is 9.57. The van der Waals surface area contributed by atoms with Crippen molar-refractivity contribution in [3.05, 3.63) is 47.5 Å². The summed E-state index contributed by atoms with van der Waals surface area (Å²) < 4.78 is 2.43. The molecular formula is C27H39N5O. The molecule has 1 aromatic carbocycles. The average molecular weight is 450 g/mol. The van der Waals surface area contributed by atoms with Crippen molar-refractivity contribution in [1.29, 1.82) is 0 Å². The Labute approximate surface area is 198 Å². The summed E-state index contributed by atoms with van der Waals surface area (Å²) in [6.07, 6.45) is 9.18. The molecule has 3 aliphatic rings. The van der Waals surface area contributed by atoms with Crippen LogP contribution in [0.25, 0.3) is 0 Å². The highest BCUT2D eigenvalue weighted by Gasteiger charge is 2.42. The molecule has 6 nitrogen and oxygen atoms in total. The van der Waals surface area contributed by atoms with E-state index in [9.17, 15) is 4.79 Å². The molecule has 2 unspecified atom stereocenters. The number of aryl methyl sites for hydroxylation is 1. The molecule has 2 aromatic rings. The number of amides is 1. The maximum Gasteiger partial charge on any atom is 0.223 e. The van der Waals surface area contributed by atoms with Gasteiger partial charge in [0.25, 0.3) is 0 Å². The predicted molar refractivity (Wildman–Crippen MR) is 130 cm³/mol. The lowest BCUT2D eigenvalue weighted by atomic mass is 9.84. The maximum absolute atomic E-state index is 12.8. The Morgan fingerprint density at radius 2 is 1.73 bits per heavy atom. The van der Waals surface area contributed by atoms with Crippen molar-refractivity contribution in [3.8, 4) is 0 Å². The van der Waals surface area contributed by atoms with Gasteiger partial charge in [-0.3, -0.25) is 9.69 Å². The molecule has 1 saturated carbocycles. The van der Waals surface area contributed by atoms with Gasteiger partial charge in [-0.1, -0.05) is 50.6 Å². The summed E-state index contributed by atoms with van der Waals surface area (Å²) in [6, 6.07) is 12.4. The number of hydrogen-bond acceptors (Lipinski definition) is 4. The fraction of sp³-hybridized carbons (Fsp3) is 0.667. The Hall–Kier alpha value is -2.21. The number of carbonyl (C=O) groups excluding carboxylic acids is 1. The van der Waals surface area contributed by atoms with Gasteiger partial charge in [-0.15, -0.1) is 10.2 Å². The number of carbonyl (C=O) groups is 1. The minimum Gasteiger partial charge on any atom is -0.349 e. The first-order chi connectivity index (χ1) is 16.0. The molecular weight excluding hydrogens is 410 g/mol. The third-order valence-electron chi connectivity index (χ3n) is 8.30. The first-order valence-corrected chi connectivity index (χ1v) is 13.0. The van der Waals surface area contributed by atoms with Gasteiger partial charge in [0.1, 0.15) is 11.6 Å². The number of nitrogens with one attached hydrogen (secondary N) is 1. The monoisotopic (exact) mass is 449 g/mol. The normalized spacial score (nSPS) is 26.4. The van der Waals surface area contributed by atoms with E-state index in [0.717, 1.165) is 37.5 Å². The lowest BCUT2D eigenvalue weighted by Crippen LogP contribution is -2.45. The minimum atomic E-state index is 0.101. The molecule has 0 spiro atoms. The summed E-state index contributed by atoms with van der Waals surface area (Å²) in [7, 11) is 0. The van der Waals surface area contributed by atoms with Crippen LogP contribution in [-0.2, 0) is 4.79 Å². The Kier molecular flexibility index (Phi) is 6.55. The fourth-order valence-corrected chi connectivity index (χ4v) is 6.30. The SMILES string of the molecule is Cc1nnc(C(C)C)n1C1CC2CCC(C1)N2CC[C@H](NC(=O)C1CCC1)c1ccccc1. The van der Waals surface area contributed by atoms with Gasteiger partial charge in [-0.05, 0) is 57.4 Å². The van der Waals surface area contributed by atoms with Crippen molar-refractivity contribution >= 4 is 5.91 Å². The van der Waals surface area contributed by atoms with E-state index in [2.05, 4.69) is 76.1 Å². The molecule has 3 fully saturated rings. The molecule has 1 aliphatic carbocycles. The average Bonchev–Trinajstić information content (AvgIpc) is 3.26. The minimum absolute atomic E-state index is 0.101. The second-order valence-corrected chi connectivity index (χ2v) is 10.8. The van der Waals surface area contributed by atoms with Crippen molar-refractivity contribution < 1.29 is 4.79 Å². The smallest absolute Gasteiger partial charge is 0.223 e. The van der Waals surface area contributed by atoms with Crippen LogP contribution in [0.15, 0.2) is 30.3 Å². The van der Waals surface area contributed by atoms with E-state index < -0.39 is 0 Å². The first kappa shape index (κ1) is 22.6. The van der Waals surface area contributed by atoms with Gasteiger partial charge in [0.15, 0.2) is 0 Å². The molecule has 1 N–H and O–H groups in total. The van der Waals surface area contributed by atoms with Crippen LogP contribution in [0.1, 0.15) is 100 Å². The van der Waals surface area contributed by atoms with Crippen LogP contribution in [0.3, 0.4) is 0 Å². The van der Waals surface area contributed by atoms with E-state index in [1.165, 1.54) is 37.7 Å². The standard InChI is InChI=1S/C27H39N5O/c1-18(2)26-30-29-19(3)32(26)24-16-22-12-13-23(17-24)31(22)15-14-25(20-8-5-4-6-9-20)28-27(33)21-10-7-11-21/h4-6,8-9,18,21-25H,7,10-17H2,1-3H3,(H,28,33)/t22?,23?,24?,25-/m0/s1. The number of hydrogen-bond donors (Lipinski definition) is 1. The molecule has 3 atom stereocenters. The Morgan fingerprint density at radius 1 is 1.03 bits per heavy atom. The second-order valence-electron chi connectivity index (χ2n) is 10.8. The Balaban J connectivity index is 1.26. The lowest BCUT2D eigenvalue weighted by Gasteiger charge is -2.41. The molecule has 33 heavy (non-hydrogen) atoms. The van der Waals surface area contributed by atoms with E-state index in [4.69, 9.17) is 0 Å². The molecule has 0 radical (unpaired) electrons. The summed E-state index contributed by atoms with van der Waals surface area (Å²) in [5, 5.41) is 12.3. The molecule has 2 aliphatic heterocycles. The highest BCUT2D eigenvalue weighted by atomic mass is 16.2. The summed E-state index contributed by atoms with van der Waals surface area (Å²) >= 11 is 0. The van der Waals surface area contributed by atoms with Gasteiger partial charge in [0.2, 0.25) is 5.91 Å². The van der Waals surface area contributed by atoms with E-state index in [1.54, 1.807) is 0 Å². The van der Waals surface area contributed by atoms with Crippen LogP contribution < -0.4 is 5.32 Å². The predicted octanol–water partition coefficient (Wildman–Crippen LogP) is 4.93. The van der Waals surface area contributed by atoms with Crippen LogP contribution in [0, 0.1) is 12.8 Å². The quantitative estimate of drug-likeness (QED) is 0.621. The highest BCUT2D eigenvalue weighted by Crippen LogP contribution is 2.42. The summed E-state index contributed by atoms with van der Waals surface area (Å²) in [5.41, 5.74) is 1.23. The summed E-state index contributed by atoms with van der Waals surface area (Å²) in [6.45, 7) is 7.57. The van der Waals surface area contributed by atoms with Crippen molar-refractivity contribution in [1.82, 2.24) is 25.0 Å². The van der Waals surface area contributed by atoms with Gasteiger partial charge >= 0.3 is 0 Å². The van der Waals surface area contributed by atoms with E-state index in [-0.39, 0.29) is 17.9 Å². The summed E-state index contributed by atoms with van der Waals surface area (Å²) in [4.78, 5) is 15.5. The van der Waals surface area contributed by atoms with Crippen molar-refractivity contribution in [2.45, 2.75) is 102 Å². The molecule has 2 bridgehead atoms. The molecule has 3 heterocycles. The number of piperidine rings is 1. The number of fused-ring (bicyclic) bond motifs is 2. The largest absolute Gasteiger partial charge is 0.349 e. The zero-order valence-corrected chi connectivity index (χ0v) is 20.4. The summed E-state index contributed by atoms with van der Waals surface area (Å²) in [5.74, 6) is 3.06. The Morgan fingerprint density at radius 3 is 2.33 bits per heavy atom. The van der Waals surface area contributed by atoms with Crippen LogP contribution >= 0.6 is 0 Å². The van der Waals surface area contributed by atoms with E-state index >= 15 is 0 Å². The van der Waals surface area contributed by atoms with Crippen molar-refractivity contribution in [2.24, 2.45) is 5.92 Å². The van der Waals surface area contributed by atoms with Crippen LogP contribution in [-0.4, -0.2) is 44.2 Å². The Bertz CT molecular complexity index is 937. The van der Waals surface area contributed by atoms with Crippen LogP contribution in [0.4, 0.5) is 0 Å². The number of rotatable bonds is 8. The zero-order valence-electron chi connectivity index (χ0n) is 20.4. The third-order valence-corrected chi connectivity index (χ3v) is 8.30. The molecule has 1 aromatic heterocycles. The number of nitrogens with zero attached hydrogens (tertiary/aromatic N) is 4. The molecule has 178 valence electrons. The van der Waals surface area contributed by atoms with E-state index in [0.29, 0.717) is 24.0 Å². The topological polar surface area (TPSA) is 63.1 Å². The van der Waals surface area contributed by atoms with Crippen LogP contribution in [0.2, 0.25) is 0 Å². The van der Waals surface area contributed by atoms with Crippen molar-refractivity contribution in [2.75, 3.05) is 6.54 Å². The third kappa shape index (κ3) is 4.59. The van der Waals surface area contributed by atoms with Crippen molar-refractivity contribution in [3.63, 3.8) is 0 Å². The fourth-order valence-electron chi connectivity index (χ4n) is 6.30. The number of aromatic nitrogens is 3. The van der Waals surface area contributed by atoms with Crippen LogP contribution in [0.5, 0.6) is 0 Å². The van der Waals surface area contributed by atoms with Gasteiger partial charge < -0.3 is 9.88 Å².